The van der Waals surface area contributed by atoms with Crippen molar-refractivity contribution in [2.24, 2.45) is 11.3 Å². The van der Waals surface area contributed by atoms with Crippen molar-refractivity contribution in [2.45, 2.75) is 38.8 Å². The van der Waals surface area contributed by atoms with Gasteiger partial charge in [0.1, 0.15) is 0 Å². The lowest BCUT2D eigenvalue weighted by molar-refractivity contribution is -0.189. The largest absolute Gasteiger partial charge is 0.377 e. The minimum absolute atomic E-state index is 0.0405. The maximum absolute atomic E-state index is 12.2. The van der Waals surface area contributed by atoms with Gasteiger partial charge in [0.15, 0.2) is 5.15 Å². The number of carbonyl (C=O) groups is 1. The van der Waals surface area contributed by atoms with Crippen LogP contribution in [0.15, 0.2) is 18.3 Å². The van der Waals surface area contributed by atoms with Crippen LogP contribution in [-0.4, -0.2) is 29.8 Å². The molecule has 0 unspecified atom stereocenters. The van der Waals surface area contributed by atoms with Gasteiger partial charge < -0.3 is 15.4 Å². The van der Waals surface area contributed by atoms with E-state index in [0.717, 1.165) is 19.4 Å². The lowest BCUT2D eigenvalue weighted by atomic mass is 9.55. The van der Waals surface area contributed by atoms with Gasteiger partial charge in [0.05, 0.1) is 11.8 Å². The number of urea groups is 1. The fraction of sp³-hybridized carbons (Fsp3) is 0.600. The highest BCUT2D eigenvalue weighted by atomic mass is 35.5. The molecule has 2 heterocycles. The monoisotopic (exact) mass is 309 g/mol. The number of nitrogens with zero attached hydrogens (tertiary/aromatic N) is 1. The fourth-order valence-electron chi connectivity index (χ4n) is 3.59. The van der Waals surface area contributed by atoms with Crippen molar-refractivity contribution in [3.8, 4) is 0 Å². The normalized spacial score (nSPS) is 30.0. The highest BCUT2D eigenvalue weighted by Gasteiger charge is 2.58. The third kappa shape index (κ3) is 2.60. The van der Waals surface area contributed by atoms with Gasteiger partial charge in [-0.25, -0.2) is 9.78 Å². The van der Waals surface area contributed by atoms with Crippen LogP contribution in [0.5, 0.6) is 0 Å². The predicted octanol–water partition coefficient (Wildman–Crippen LogP) is 3.06. The molecule has 3 atom stereocenters. The molecule has 1 aromatic heterocycles. The minimum Gasteiger partial charge on any atom is -0.377 e. The first-order valence-corrected chi connectivity index (χ1v) is 7.67. The van der Waals surface area contributed by atoms with Crippen LogP contribution in [0.3, 0.4) is 0 Å². The molecule has 2 fully saturated rings. The minimum atomic E-state index is -0.244. The van der Waals surface area contributed by atoms with E-state index in [2.05, 4.69) is 29.5 Å². The van der Waals surface area contributed by atoms with E-state index in [4.69, 9.17) is 16.3 Å². The van der Waals surface area contributed by atoms with Crippen molar-refractivity contribution in [3.05, 3.63) is 23.5 Å². The van der Waals surface area contributed by atoms with Crippen LogP contribution in [0, 0.1) is 11.3 Å². The Morgan fingerprint density at radius 1 is 1.52 bits per heavy atom. The summed E-state index contributed by atoms with van der Waals surface area (Å²) in [5.41, 5.74) is 0.478. The average Bonchev–Trinajstić information content (AvgIpc) is 2.47. The maximum atomic E-state index is 12.2. The zero-order valence-electron chi connectivity index (χ0n) is 12.2. The first-order valence-electron chi connectivity index (χ1n) is 7.30. The van der Waals surface area contributed by atoms with Crippen molar-refractivity contribution in [2.75, 3.05) is 11.9 Å². The molecule has 2 N–H and O–H groups in total. The zero-order chi connectivity index (χ0) is 15.0. The molecule has 3 rings (SSSR count). The maximum Gasteiger partial charge on any atom is 0.319 e. The summed E-state index contributed by atoms with van der Waals surface area (Å²) in [7, 11) is 0. The van der Waals surface area contributed by atoms with Gasteiger partial charge in [-0.3, -0.25) is 0 Å². The van der Waals surface area contributed by atoms with Crippen LogP contribution in [-0.2, 0) is 4.74 Å². The highest BCUT2D eigenvalue weighted by Crippen LogP contribution is 2.51. The first-order chi connectivity index (χ1) is 10.00. The van der Waals surface area contributed by atoms with Crippen molar-refractivity contribution in [3.63, 3.8) is 0 Å². The van der Waals surface area contributed by atoms with E-state index in [1.807, 2.05) is 0 Å². The van der Waals surface area contributed by atoms with Gasteiger partial charge in [-0.2, -0.15) is 0 Å². The first kappa shape index (κ1) is 14.6. The molecule has 1 aliphatic carbocycles. The van der Waals surface area contributed by atoms with E-state index >= 15 is 0 Å². The van der Waals surface area contributed by atoms with Gasteiger partial charge in [0, 0.05) is 30.2 Å². The predicted molar refractivity (Wildman–Crippen MR) is 81.4 cm³/mol. The second kappa shape index (κ2) is 5.46. The van der Waals surface area contributed by atoms with Crippen molar-refractivity contribution in [1.29, 1.82) is 0 Å². The molecule has 114 valence electrons. The number of aromatic nitrogens is 1. The molecule has 1 aliphatic heterocycles. The Labute approximate surface area is 129 Å². The molecule has 2 aliphatic rings. The van der Waals surface area contributed by atoms with E-state index in [9.17, 15) is 4.79 Å². The quantitative estimate of drug-likeness (QED) is 0.825. The Kier molecular flexibility index (Phi) is 3.80. The number of nitrogens with one attached hydrogen (secondary N) is 2. The van der Waals surface area contributed by atoms with Gasteiger partial charge in [0.25, 0.3) is 0 Å². The molecule has 0 radical (unpaired) electrons. The van der Waals surface area contributed by atoms with E-state index in [0.29, 0.717) is 16.8 Å². The number of halogens is 1. The van der Waals surface area contributed by atoms with E-state index < -0.39 is 0 Å². The Morgan fingerprint density at radius 3 is 3.10 bits per heavy atom. The van der Waals surface area contributed by atoms with E-state index in [1.165, 1.54) is 0 Å². The number of fused-ring (bicyclic) bond motifs is 1. The number of ether oxygens (including phenoxy) is 1. The van der Waals surface area contributed by atoms with Gasteiger partial charge in [-0.1, -0.05) is 25.4 Å². The molecule has 0 spiro atoms. The molecule has 21 heavy (non-hydrogen) atoms. The Hall–Kier alpha value is -1.33. The lowest BCUT2D eigenvalue weighted by Gasteiger charge is -2.59. The molecule has 0 aromatic carbocycles. The summed E-state index contributed by atoms with van der Waals surface area (Å²) < 4.78 is 5.84. The SMILES string of the molecule is CC1(C)[C@H](NC(=O)Nc2cccnc2Cl)[C@H]2CCCO[C@@H]21. The van der Waals surface area contributed by atoms with Crippen LogP contribution in [0.1, 0.15) is 26.7 Å². The van der Waals surface area contributed by atoms with Gasteiger partial charge in [-0.15, -0.1) is 0 Å². The summed E-state index contributed by atoms with van der Waals surface area (Å²) in [6.07, 6.45) is 4.00. The molecule has 1 saturated carbocycles. The molecule has 1 aromatic rings. The van der Waals surface area contributed by atoms with Crippen LogP contribution < -0.4 is 10.6 Å². The van der Waals surface area contributed by atoms with Crippen LogP contribution in [0.4, 0.5) is 10.5 Å². The molecule has 6 heteroatoms. The molecule has 5 nitrogen and oxygen atoms in total. The molecule has 0 bridgehead atoms. The lowest BCUT2D eigenvalue weighted by Crippen LogP contribution is -2.70. The molecular formula is C15H20ClN3O2. The van der Waals surface area contributed by atoms with Gasteiger partial charge >= 0.3 is 6.03 Å². The van der Waals surface area contributed by atoms with Crippen molar-refractivity contribution >= 4 is 23.3 Å². The average molecular weight is 310 g/mol. The fourth-order valence-corrected chi connectivity index (χ4v) is 3.76. The molecule has 2 amide bonds. The van der Waals surface area contributed by atoms with Crippen LogP contribution in [0.25, 0.3) is 0 Å². The van der Waals surface area contributed by atoms with Crippen LogP contribution >= 0.6 is 11.6 Å². The summed E-state index contributed by atoms with van der Waals surface area (Å²) in [5, 5.41) is 6.11. The smallest absolute Gasteiger partial charge is 0.319 e. The van der Waals surface area contributed by atoms with Gasteiger partial charge in [-0.05, 0) is 25.0 Å². The van der Waals surface area contributed by atoms with E-state index in [-0.39, 0.29) is 23.6 Å². The zero-order valence-corrected chi connectivity index (χ0v) is 13.0. The number of rotatable bonds is 2. The Morgan fingerprint density at radius 2 is 2.33 bits per heavy atom. The van der Waals surface area contributed by atoms with Crippen molar-refractivity contribution in [1.82, 2.24) is 10.3 Å². The second-order valence-electron chi connectivity index (χ2n) is 6.34. The summed E-state index contributed by atoms with van der Waals surface area (Å²) in [6.45, 7) is 5.11. The highest BCUT2D eigenvalue weighted by molar-refractivity contribution is 6.32. The number of anilines is 1. The summed E-state index contributed by atoms with van der Waals surface area (Å²) in [5.74, 6) is 0.406. The second-order valence-corrected chi connectivity index (χ2v) is 6.69. The van der Waals surface area contributed by atoms with Crippen molar-refractivity contribution < 1.29 is 9.53 Å². The summed E-state index contributed by atoms with van der Waals surface area (Å²) in [6, 6.07) is 3.35. The number of hydrogen-bond acceptors (Lipinski definition) is 3. The summed E-state index contributed by atoms with van der Waals surface area (Å²) >= 11 is 5.95. The molecule has 1 saturated heterocycles. The van der Waals surface area contributed by atoms with E-state index in [1.54, 1.807) is 18.3 Å². The standard InChI is InChI=1S/C15H20ClN3O2/c1-15(2)11(9-5-4-8-21-12(9)15)19-14(20)18-10-6-3-7-17-13(10)16/h3,6-7,9,11-12H,4-5,8H2,1-2H3,(H2,18,19,20)/t9-,11-,12+/m1/s1. The van der Waals surface area contributed by atoms with Gasteiger partial charge in [0.2, 0.25) is 0 Å². The third-order valence-electron chi connectivity index (χ3n) is 4.62. The van der Waals surface area contributed by atoms with Crippen LogP contribution in [0.2, 0.25) is 5.15 Å². The number of pyridine rings is 1. The summed E-state index contributed by atoms with van der Waals surface area (Å²) in [4.78, 5) is 16.1. The topological polar surface area (TPSA) is 63.2 Å². The third-order valence-corrected chi connectivity index (χ3v) is 4.93. The number of carbonyl (C=O) groups excluding carboxylic acids is 1. The molecular weight excluding hydrogens is 290 g/mol. The Balaban J connectivity index is 1.64. The number of hydrogen-bond donors (Lipinski definition) is 2. The number of amides is 2. The Bertz CT molecular complexity index is 549.